The molecule has 0 aromatic carbocycles. The maximum atomic E-state index is 10.9. The summed E-state index contributed by atoms with van der Waals surface area (Å²) in [6, 6.07) is 4.00. The Hall–Kier alpha value is -0.705. The molecule has 0 saturated carbocycles. The zero-order chi connectivity index (χ0) is 17.0. The molecule has 122 valence electrons. The van der Waals surface area contributed by atoms with Crippen molar-refractivity contribution >= 4 is 33.6 Å². The molecule has 0 aliphatic heterocycles. The molecule has 0 bridgehead atoms. The van der Waals surface area contributed by atoms with Crippen molar-refractivity contribution < 1.29 is 9.22 Å². The molecule has 1 heterocycles. The molecule has 0 aliphatic carbocycles. The van der Waals surface area contributed by atoms with Gasteiger partial charge >= 0.3 is 140 Å². The predicted molar refractivity (Wildman–Crippen MR) is 97.7 cm³/mol. The molecular weight excluding hydrogens is 353 g/mol. The Kier molecular flexibility index (Phi) is 6.78. The fraction of sp³-hybridized carbons (Fsp3) is 0.529. The molecule has 5 heteroatoms. The first-order valence-corrected chi connectivity index (χ1v) is 15.1. The van der Waals surface area contributed by atoms with Crippen LogP contribution in [0.4, 0.5) is 0 Å². The summed E-state index contributed by atoms with van der Waals surface area (Å²) in [5.41, 5.74) is 6.46. The quantitative estimate of drug-likeness (QED) is 0.414. The molecule has 3 nitrogen and oxygen atoms in total. The molecule has 0 atom stereocenters. The first-order valence-electron chi connectivity index (χ1n) is 7.51. The number of rotatable bonds is 6. The van der Waals surface area contributed by atoms with Crippen LogP contribution in [0.2, 0.25) is 29.6 Å². The normalized spacial score (nSPS) is 13.5. The first-order chi connectivity index (χ1) is 10.1. The van der Waals surface area contributed by atoms with Gasteiger partial charge in [0.05, 0.1) is 0 Å². The first kappa shape index (κ1) is 19.3. The van der Waals surface area contributed by atoms with Gasteiger partial charge in [0.15, 0.2) is 0 Å². The number of nitrogens with zero attached hydrogens (tertiary/aromatic N) is 1. The number of hydrogen-bond donors (Lipinski definition) is 0. The van der Waals surface area contributed by atoms with Gasteiger partial charge in [-0.05, 0) is 0 Å². The van der Waals surface area contributed by atoms with Gasteiger partial charge in [-0.25, -0.2) is 0 Å². The second kappa shape index (κ2) is 7.72. The van der Waals surface area contributed by atoms with Crippen LogP contribution in [-0.2, 0) is 15.8 Å². The monoisotopic (exact) mass is 381 g/mol. The van der Waals surface area contributed by atoms with Gasteiger partial charge < -0.3 is 0 Å². The van der Waals surface area contributed by atoms with Crippen molar-refractivity contribution in [2.45, 2.75) is 56.9 Å². The van der Waals surface area contributed by atoms with Gasteiger partial charge in [-0.15, -0.1) is 0 Å². The third-order valence-corrected chi connectivity index (χ3v) is 11.5. The van der Waals surface area contributed by atoms with E-state index < -0.39 is 23.0 Å². The molecule has 1 aromatic heterocycles. The summed E-state index contributed by atoms with van der Waals surface area (Å²) in [6.45, 7) is 11.8. The number of carbonyl (C=O) groups excluding carboxylic acids is 1. The topological polar surface area (TPSA) is 39.2 Å². The third kappa shape index (κ3) is 4.90. The molecule has 0 aliphatic rings. The molecule has 0 saturated heterocycles. The number of pyridine rings is 1. The van der Waals surface area contributed by atoms with Gasteiger partial charge in [0, 0.05) is 0 Å². The molecule has 1 rings (SSSR count). The number of aromatic nitrogens is 1. The zero-order valence-corrected chi connectivity index (χ0v) is 17.7. The molecule has 0 N–H and O–H groups in total. The summed E-state index contributed by atoms with van der Waals surface area (Å²) >= 11 is -1.20. The van der Waals surface area contributed by atoms with Crippen molar-refractivity contribution in [2.75, 3.05) is 0 Å². The van der Waals surface area contributed by atoms with Gasteiger partial charge in [-0.3, -0.25) is 0 Å². The average Bonchev–Trinajstić information content (AvgIpc) is 2.41. The van der Waals surface area contributed by atoms with Crippen LogP contribution in [0, 0.1) is 0 Å². The Labute approximate surface area is 140 Å². The van der Waals surface area contributed by atoms with E-state index in [1.165, 1.54) is 0 Å². The summed E-state index contributed by atoms with van der Waals surface area (Å²) in [4.78, 5) is 15.5. The van der Waals surface area contributed by atoms with E-state index in [9.17, 15) is 4.79 Å². The van der Waals surface area contributed by atoms with E-state index in [0.717, 1.165) is 21.9 Å². The van der Waals surface area contributed by atoms with Crippen LogP contribution >= 0.6 is 0 Å². The van der Waals surface area contributed by atoms with Crippen LogP contribution in [0.3, 0.4) is 0 Å². The summed E-state index contributed by atoms with van der Waals surface area (Å²) in [5, 5.41) is 0.185. The van der Waals surface area contributed by atoms with Crippen molar-refractivity contribution in [3.63, 3.8) is 0 Å². The molecule has 0 amide bonds. The van der Waals surface area contributed by atoms with Crippen molar-refractivity contribution in [3.05, 3.63) is 35.7 Å². The fourth-order valence-corrected chi connectivity index (χ4v) is 4.78. The zero-order valence-electron chi connectivity index (χ0n) is 14.8. The average molecular weight is 381 g/mol. The minimum atomic E-state index is -1.80. The third-order valence-electron chi connectivity index (χ3n) is 4.24. The van der Waals surface area contributed by atoms with Gasteiger partial charge in [0.2, 0.25) is 0 Å². The van der Waals surface area contributed by atoms with Gasteiger partial charge in [-0.2, -0.15) is 0 Å². The number of carbonyl (C=O) groups is 1. The van der Waals surface area contributed by atoms with Crippen LogP contribution in [-0.4, -0.2) is 34.2 Å². The predicted octanol–water partition coefficient (Wildman–Crippen LogP) is 4.48. The Morgan fingerprint density at radius 2 is 2.00 bits per heavy atom. The van der Waals surface area contributed by atoms with E-state index in [-0.39, 0.29) is 5.04 Å². The number of hydrogen-bond acceptors (Lipinski definition) is 3. The van der Waals surface area contributed by atoms with Gasteiger partial charge in [-0.1, -0.05) is 0 Å². The minimum absolute atomic E-state index is 0.185. The molecule has 1 aromatic rings. The maximum absolute atomic E-state index is 10.9. The van der Waals surface area contributed by atoms with Crippen LogP contribution in [0.25, 0.3) is 4.36 Å². The molecule has 0 radical (unpaired) electrons. The van der Waals surface area contributed by atoms with E-state index in [4.69, 9.17) is 4.43 Å². The molecular formula is C17H28AsNO2Si. The van der Waals surface area contributed by atoms with Crippen molar-refractivity contribution in [1.29, 1.82) is 0 Å². The Bertz CT molecular complexity index is 548. The summed E-state index contributed by atoms with van der Waals surface area (Å²) < 4.78 is 7.44. The summed E-state index contributed by atoms with van der Waals surface area (Å²) in [5.74, 6) is 0. The van der Waals surface area contributed by atoms with Gasteiger partial charge in [0.1, 0.15) is 0 Å². The van der Waals surface area contributed by atoms with E-state index >= 15 is 0 Å². The second-order valence-corrected chi connectivity index (χ2v) is 16.7. The fourth-order valence-electron chi connectivity index (χ4n) is 1.76. The molecule has 0 fully saturated rings. The Balaban J connectivity index is 3.08. The van der Waals surface area contributed by atoms with E-state index in [1.807, 2.05) is 6.07 Å². The van der Waals surface area contributed by atoms with Crippen LogP contribution in [0.5, 0.6) is 0 Å². The van der Waals surface area contributed by atoms with Crippen molar-refractivity contribution in [2.24, 2.45) is 0 Å². The molecule has 0 spiro atoms. The standard InChI is InChI=1S/C17H28AsNO2Si/c1-17(2,3)22(6,7)21-13-14-9-8-11-19-16(14)15(10-12-20)18(4)5/h8-12H,13H2,1-7H3/b15-10+. The molecule has 0 unspecified atom stereocenters. The Morgan fingerprint density at radius 3 is 2.50 bits per heavy atom. The van der Waals surface area contributed by atoms with E-state index in [1.54, 1.807) is 12.3 Å². The number of allylic oxidation sites excluding steroid dienone is 1. The summed E-state index contributed by atoms with van der Waals surface area (Å²) in [7, 11) is -1.80. The van der Waals surface area contributed by atoms with E-state index in [2.05, 4.69) is 56.3 Å². The summed E-state index contributed by atoms with van der Waals surface area (Å²) in [6.07, 6.45) is 4.34. The number of aldehydes is 1. The van der Waals surface area contributed by atoms with Crippen LogP contribution in [0.1, 0.15) is 32.0 Å². The second-order valence-electron chi connectivity index (χ2n) is 7.14. The Morgan fingerprint density at radius 1 is 1.36 bits per heavy atom. The van der Waals surface area contributed by atoms with Gasteiger partial charge in [0.25, 0.3) is 0 Å². The molecule has 22 heavy (non-hydrogen) atoms. The van der Waals surface area contributed by atoms with Crippen LogP contribution in [0.15, 0.2) is 24.4 Å². The van der Waals surface area contributed by atoms with Crippen molar-refractivity contribution in [3.8, 4) is 0 Å². The van der Waals surface area contributed by atoms with Crippen LogP contribution < -0.4 is 0 Å². The van der Waals surface area contributed by atoms with E-state index in [0.29, 0.717) is 6.61 Å². The SMILES string of the molecule is C[As](C)/C(=C/C=O)c1ncccc1CO[Si](C)(C)C(C)(C)C. The van der Waals surface area contributed by atoms with Crippen molar-refractivity contribution in [1.82, 2.24) is 4.98 Å².